The van der Waals surface area contributed by atoms with Crippen LogP contribution in [0.25, 0.3) is 10.9 Å². The van der Waals surface area contributed by atoms with Crippen molar-refractivity contribution in [1.82, 2.24) is 4.98 Å². The molecule has 3 rings (SSSR count). The molecule has 2 heterocycles. The largest absolute Gasteiger partial charge is 0.469 e. The minimum atomic E-state index is -0.117. The predicted octanol–water partition coefficient (Wildman–Crippen LogP) is 3.01. The maximum absolute atomic E-state index is 11.9. The van der Waals surface area contributed by atoms with Gasteiger partial charge in [0.1, 0.15) is 5.76 Å². The number of aromatic nitrogens is 1. The number of hydrogen-bond donors (Lipinski definition) is 1. The zero-order valence-electron chi connectivity index (χ0n) is 10.2. The van der Waals surface area contributed by atoms with Gasteiger partial charge in [0, 0.05) is 11.6 Å². The summed E-state index contributed by atoms with van der Waals surface area (Å²) < 4.78 is 5.15. The van der Waals surface area contributed by atoms with Crippen molar-refractivity contribution in [3.63, 3.8) is 0 Å². The average Bonchev–Trinajstić information content (AvgIpc) is 2.92. The molecule has 1 N–H and O–H groups in total. The first-order chi connectivity index (χ1) is 9.33. The van der Waals surface area contributed by atoms with Crippen molar-refractivity contribution < 1.29 is 9.21 Å². The molecule has 19 heavy (non-hydrogen) atoms. The first-order valence-electron chi connectivity index (χ1n) is 5.99. The number of para-hydroxylation sites is 1. The molecule has 0 bridgehead atoms. The zero-order chi connectivity index (χ0) is 13.1. The highest BCUT2D eigenvalue weighted by atomic mass is 16.3. The summed E-state index contributed by atoms with van der Waals surface area (Å²) in [5.74, 6) is 0.527. The fourth-order valence-corrected chi connectivity index (χ4v) is 1.97. The number of carbonyl (C=O) groups excluding carboxylic acids is 1. The molecule has 1 aromatic carbocycles. The van der Waals surface area contributed by atoms with Crippen molar-refractivity contribution in [1.29, 1.82) is 0 Å². The number of nitrogens with one attached hydrogen (secondary N) is 1. The van der Waals surface area contributed by atoms with Gasteiger partial charge in [-0.2, -0.15) is 0 Å². The van der Waals surface area contributed by atoms with Crippen molar-refractivity contribution in [3.8, 4) is 0 Å². The molecule has 0 radical (unpaired) electrons. The minimum absolute atomic E-state index is 0.117. The lowest BCUT2D eigenvalue weighted by molar-refractivity contribution is -0.115. The van der Waals surface area contributed by atoms with E-state index >= 15 is 0 Å². The van der Waals surface area contributed by atoms with E-state index in [0.29, 0.717) is 5.76 Å². The first kappa shape index (κ1) is 11.5. The summed E-state index contributed by atoms with van der Waals surface area (Å²) in [7, 11) is 0. The van der Waals surface area contributed by atoms with Crippen molar-refractivity contribution >= 4 is 22.5 Å². The minimum Gasteiger partial charge on any atom is -0.469 e. The fraction of sp³-hybridized carbons (Fsp3) is 0.0667. The summed E-state index contributed by atoms with van der Waals surface area (Å²) in [6.07, 6.45) is 3.49. The van der Waals surface area contributed by atoms with Crippen molar-refractivity contribution in [2.24, 2.45) is 0 Å². The molecule has 0 aliphatic heterocycles. The SMILES string of the molecule is O=C(Cc1ccco1)Nc1cccc2cccnc12. The van der Waals surface area contributed by atoms with Crippen LogP contribution in [0.5, 0.6) is 0 Å². The van der Waals surface area contributed by atoms with Crippen LogP contribution in [0.15, 0.2) is 59.3 Å². The predicted molar refractivity (Wildman–Crippen MR) is 72.8 cm³/mol. The number of rotatable bonds is 3. The third-order valence-electron chi connectivity index (χ3n) is 2.82. The van der Waals surface area contributed by atoms with Gasteiger partial charge in [0.2, 0.25) is 5.91 Å². The lowest BCUT2D eigenvalue weighted by Crippen LogP contribution is -2.14. The Morgan fingerprint density at radius 3 is 2.89 bits per heavy atom. The first-order valence-corrected chi connectivity index (χ1v) is 5.99. The summed E-state index contributed by atoms with van der Waals surface area (Å²) in [5.41, 5.74) is 1.51. The number of furan rings is 1. The second-order valence-corrected chi connectivity index (χ2v) is 4.19. The molecular weight excluding hydrogens is 240 g/mol. The summed E-state index contributed by atoms with van der Waals surface area (Å²) in [5, 5.41) is 3.86. The quantitative estimate of drug-likeness (QED) is 0.779. The van der Waals surface area contributed by atoms with Crippen LogP contribution in [0.2, 0.25) is 0 Å². The van der Waals surface area contributed by atoms with E-state index in [2.05, 4.69) is 10.3 Å². The maximum Gasteiger partial charge on any atom is 0.232 e. The molecule has 2 aromatic heterocycles. The van der Waals surface area contributed by atoms with Crippen LogP contribution < -0.4 is 5.32 Å². The number of amides is 1. The van der Waals surface area contributed by atoms with Crippen LogP contribution >= 0.6 is 0 Å². The molecule has 4 nitrogen and oxygen atoms in total. The van der Waals surface area contributed by atoms with Crippen LogP contribution in [-0.4, -0.2) is 10.9 Å². The van der Waals surface area contributed by atoms with Gasteiger partial charge in [-0.05, 0) is 24.3 Å². The van der Waals surface area contributed by atoms with Crippen LogP contribution in [0.1, 0.15) is 5.76 Å². The Hall–Kier alpha value is -2.62. The molecule has 3 aromatic rings. The van der Waals surface area contributed by atoms with Crippen molar-refractivity contribution in [3.05, 3.63) is 60.7 Å². The number of carbonyl (C=O) groups is 1. The lowest BCUT2D eigenvalue weighted by atomic mass is 10.2. The van der Waals surface area contributed by atoms with Gasteiger partial charge in [-0.25, -0.2) is 0 Å². The molecule has 0 saturated heterocycles. The van der Waals surface area contributed by atoms with Gasteiger partial charge in [-0.15, -0.1) is 0 Å². The molecule has 0 spiro atoms. The molecule has 0 aliphatic rings. The molecule has 1 amide bonds. The molecule has 0 unspecified atom stereocenters. The van der Waals surface area contributed by atoms with E-state index in [1.165, 1.54) is 0 Å². The third kappa shape index (κ3) is 2.47. The van der Waals surface area contributed by atoms with Gasteiger partial charge in [0.05, 0.1) is 23.9 Å². The normalized spacial score (nSPS) is 10.5. The number of benzene rings is 1. The number of pyridine rings is 1. The monoisotopic (exact) mass is 252 g/mol. The highest BCUT2D eigenvalue weighted by Gasteiger charge is 2.08. The van der Waals surface area contributed by atoms with Gasteiger partial charge >= 0.3 is 0 Å². The van der Waals surface area contributed by atoms with Crippen molar-refractivity contribution in [2.75, 3.05) is 5.32 Å². The number of hydrogen-bond acceptors (Lipinski definition) is 3. The van der Waals surface area contributed by atoms with Crippen molar-refractivity contribution in [2.45, 2.75) is 6.42 Å². The molecule has 0 aliphatic carbocycles. The Balaban J connectivity index is 1.83. The topological polar surface area (TPSA) is 55.1 Å². The molecule has 94 valence electrons. The molecule has 0 saturated carbocycles. The van der Waals surface area contributed by atoms with Crippen LogP contribution in [-0.2, 0) is 11.2 Å². The second kappa shape index (κ2) is 4.94. The standard InChI is InChI=1S/C15H12N2O2/c18-14(10-12-6-3-9-19-12)17-13-7-1-4-11-5-2-8-16-15(11)13/h1-9H,10H2,(H,17,18). The molecule has 0 fully saturated rings. The van der Waals surface area contributed by atoms with E-state index in [1.807, 2.05) is 30.3 Å². The van der Waals surface area contributed by atoms with E-state index in [1.54, 1.807) is 24.6 Å². The molecule has 4 heteroatoms. The lowest BCUT2D eigenvalue weighted by Gasteiger charge is -2.07. The Kier molecular flexibility index (Phi) is 2.98. The van der Waals surface area contributed by atoms with E-state index in [0.717, 1.165) is 16.6 Å². The smallest absolute Gasteiger partial charge is 0.232 e. The van der Waals surface area contributed by atoms with E-state index in [9.17, 15) is 4.79 Å². The van der Waals surface area contributed by atoms with E-state index < -0.39 is 0 Å². The van der Waals surface area contributed by atoms with Gasteiger partial charge in [0.15, 0.2) is 0 Å². The van der Waals surface area contributed by atoms with E-state index in [4.69, 9.17) is 4.42 Å². The fourth-order valence-electron chi connectivity index (χ4n) is 1.97. The summed E-state index contributed by atoms with van der Waals surface area (Å²) >= 11 is 0. The summed E-state index contributed by atoms with van der Waals surface area (Å²) in [6, 6.07) is 13.1. The van der Waals surface area contributed by atoms with Gasteiger partial charge in [-0.1, -0.05) is 18.2 Å². The average molecular weight is 252 g/mol. The summed E-state index contributed by atoms with van der Waals surface area (Å²) in [4.78, 5) is 16.2. The van der Waals surface area contributed by atoms with Gasteiger partial charge < -0.3 is 9.73 Å². The van der Waals surface area contributed by atoms with Gasteiger partial charge in [-0.3, -0.25) is 9.78 Å². The van der Waals surface area contributed by atoms with Crippen LogP contribution in [0.3, 0.4) is 0 Å². The second-order valence-electron chi connectivity index (χ2n) is 4.19. The maximum atomic E-state index is 11.9. The molecule has 0 atom stereocenters. The highest BCUT2D eigenvalue weighted by molar-refractivity contribution is 6.00. The number of nitrogens with zero attached hydrogens (tertiary/aromatic N) is 1. The number of anilines is 1. The van der Waals surface area contributed by atoms with Crippen LogP contribution in [0.4, 0.5) is 5.69 Å². The zero-order valence-corrected chi connectivity index (χ0v) is 10.2. The Morgan fingerprint density at radius 2 is 2.05 bits per heavy atom. The summed E-state index contributed by atoms with van der Waals surface area (Å²) in [6.45, 7) is 0. The van der Waals surface area contributed by atoms with Gasteiger partial charge in [0.25, 0.3) is 0 Å². The van der Waals surface area contributed by atoms with E-state index in [-0.39, 0.29) is 12.3 Å². The number of fused-ring (bicyclic) bond motifs is 1. The van der Waals surface area contributed by atoms with Crippen LogP contribution in [0, 0.1) is 0 Å². The Labute approximate surface area is 110 Å². The Morgan fingerprint density at radius 1 is 1.16 bits per heavy atom. The third-order valence-corrected chi connectivity index (χ3v) is 2.82. The Bertz CT molecular complexity index is 700. The molecular formula is C15H12N2O2. The highest BCUT2D eigenvalue weighted by Crippen LogP contribution is 2.20.